The molecule has 114 valence electrons. The van der Waals surface area contributed by atoms with Gasteiger partial charge in [0.25, 0.3) is 10.0 Å². The van der Waals surface area contributed by atoms with Gasteiger partial charge in [-0.05, 0) is 25.5 Å². The average molecular weight is 308 g/mol. The van der Waals surface area contributed by atoms with Crippen LogP contribution in [0.1, 0.15) is 19.8 Å². The smallest absolute Gasteiger partial charge is 0.274 e. The van der Waals surface area contributed by atoms with Crippen LogP contribution in [0.3, 0.4) is 0 Å². The van der Waals surface area contributed by atoms with E-state index >= 15 is 0 Å². The lowest BCUT2D eigenvalue weighted by Gasteiger charge is -2.19. The maximum Gasteiger partial charge on any atom is 0.274 e. The zero-order chi connectivity index (χ0) is 14.9. The van der Waals surface area contributed by atoms with Crippen molar-refractivity contribution in [3.05, 3.63) is 30.3 Å². The monoisotopic (exact) mass is 308 g/mol. The first-order valence-electron chi connectivity index (χ1n) is 7.32. The summed E-state index contributed by atoms with van der Waals surface area (Å²) in [6.07, 6.45) is 2.45. The zero-order valence-electron chi connectivity index (χ0n) is 12.1. The molecule has 1 saturated carbocycles. The van der Waals surface area contributed by atoms with Gasteiger partial charge >= 0.3 is 0 Å². The number of sulfonamides is 1. The van der Waals surface area contributed by atoms with Gasteiger partial charge in [0.05, 0.1) is 0 Å². The summed E-state index contributed by atoms with van der Waals surface area (Å²) >= 11 is 0. The fourth-order valence-electron chi connectivity index (χ4n) is 2.52. The van der Waals surface area contributed by atoms with Crippen molar-refractivity contribution in [2.75, 3.05) is 19.6 Å². The van der Waals surface area contributed by atoms with E-state index in [2.05, 4.69) is 16.5 Å². The Kier molecular flexibility index (Phi) is 4.01. The van der Waals surface area contributed by atoms with E-state index in [1.165, 1.54) is 12.8 Å². The second kappa shape index (κ2) is 5.79. The molecule has 1 N–H and O–H groups in total. The topological polar surface area (TPSA) is 62.6 Å². The predicted molar refractivity (Wildman–Crippen MR) is 81.7 cm³/mol. The summed E-state index contributed by atoms with van der Waals surface area (Å²) in [4.78, 5) is 2.31. The molecule has 0 radical (unpaired) electrons. The molecule has 6 heteroatoms. The summed E-state index contributed by atoms with van der Waals surface area (Å²) in [6, 6.07) is 9.49. The summed E-state index contributed by atoms with van der Waals surface area (Å²) in [5, 5.41) is 0.782. The standard InChI is InChI=1S/C15H20N2O3S/c1-2-17(13-7-8-13)10-9-16-21(18,19)15-11-12-5-3-4-6-14(12)20-15/h3-6,11,13,16H,2,7-10H2,1H3. The van der Waals surface area contributed by atoms with Crippen molar-refractivity contribution >= 4 is 21.0 Å². The largest absolute Gasteiger partial charge is 0.443 e. The van der Waals surface area contributed by atoms with Gasteiger partial charge in [0, 0.05) is 30.6 Å². The molecule has 0 bridgehead atoms. The number of hydrogen-bond donors (Lipinski definition) is 1. The summed E-state index contributed by atoms with van der Waals surface area (Å²) in [5.41, 5.74) is 0.589. The number of likely N-dealkylation sites (N-methyl/N-ethyl adjacent to an activating group) is 1. The second-order valence-corrected chi connectivity index (χ2v) is 7.06. The number of hydrogen-bond acceptors (Lipinski definition) is 4. The van der Waals surface area contributed by atoms with E-state index in [0.717, 1.165) is 18.5 Å². The van der Waals surface area contributed by atoms with E-state index < -0.39 is 10.0 Å². The van der Waals surface area contributed by atoms with Crippen LogP contribution in [-0.2, 0) is 10.0 Å². The third-order valence-corrected chi connectivity index (χ3v) is 5.14. The molecular formula is C15H20N2O3S. The normalized spacial score (nSPS) is 15.9. The minimum absolute atomic E-state index is 0.0156. The highest BCUT2D eigenvalue weighted by atomic mass is 32.2. The summed E-state index contributed by atoms with van der Waals surface area (Å²) < 4.78 is 32.5. The Morgan fingerprint density at radius 2 is 2.10 bits per heavy atom. The highest BCUT2D eigenvalue weighted by molar-refractivity contribution is 7.89. The van der Waals surface area contributed by atoms with Gasteiger partial charge in [-0.1, -0.05) is 25.1 Å². The van der Waals surface area contributed by atoms with Crippen molar-refractivity contribution in [1.29, 1.82) is 0 Å². The van der Waals surface area contributed by atoms with Crippen LogP contribution in [0.25, 0.3) is 11.0 Å². The molecule has 0 atom stereocenters. The molecule has 0 saturated heterocycles. The van der Waals surface area contributed by atoms with Gasteiger partial charge in [-0.2, -0.15) is 0 Å². The molecule has 21 heavy (non-hydrogen) atoms. The number of nitrogens with one attached hydrogen (secondary N) is 1. The van der Waals surface area contributed by atoms with Crippen LogP contribution in [0.5, 0.6) is 0 Å². The van der Waals surface area contributed by atoms with Gasteiger partial charge in [-0.25, -0.2) is 13.1 Å². The van der Waals surface area contributed by atoms with E-state index in [1.54, 1.807) is 12.1 Å². The maximum atomic E-state index is 12.2. The van der Waals surface area contributed by atoms with Gasteiger partial charge < -0.3 is 4.42 Å². The van der Waals surface area contributed by atoms with Crippen LogP contribution in [0.15, 0.2) is 39.8 Å². The van der Waals surface area contributed by atoms with Crippen molar-refractivity contribution in [3.8, 4) is 0 Å². The number of rotatable bonds is 7. The Bertz CT molecular complexity index is 686. The minimum Gasteiger partial charge on any atom is -0.443 e. The minimum atomic E-state index is -3.57. The molecule has 1 aromatic carbocycles. The van der Waals surface area contributed by atoms with Gasteiger partial charge in [0.15, 0.2) is 0 Å². The summed E-state index contributed by atoms with van der Waals surface area (Å²) in [7, 11) is -3.57. The summed E-state index contributed by atoms with van der Waals surface area (Å²) in [6.45, 7) is 4.20. The molecule has 1 aliphatic carbocycles. The average Bonchev–Trinajstić information content (AvgIpc) is 3.20. The van der Waals surface area contributed by atoms with E-state index in [-0.39, 0.29) is 5.09 Å². The van der Waals surface area contributed by atoms with E-state index in [0.29, 0.717) is 18.2 Å². The van der Waals surface area contributed by atoms with Gasteiger partial charge in [-0.3, -0.25) is 4.90 Å². The van der Waals surface area contributed by atoms with E-state index in [1.807, 2.05) is 18.2 Å². The molecule has 5 nitrogen and oxygen atoms in total. The Labute approximate surface area is 125 Å². The van der Waals surface area contributed by atoms with Gasteiger partial charge in [0.1, 0.15) is 5.58 Å². The highest BCUT2D eigenvalue weighted by Crippen LogP contribution is 2.26. The van der Waals surface area contributed by atoms with Crippen LogP contribution in [0.4, 0.5) is 0 Å². The third-order valence-electron chi connectivity index (χ3n) is 3.83. The molecule has 0 aliphatic heterocycles. The van der Waals surface area contributed by atoms with Crippen molar-refractivity contribution in [1.82, 2.24) is 9.62 Å². The Morgan fingerprint density at radius 1 is 1.33 bits per heavy atom. The number of fused-ring (bicyclic) bond motifs is 1. The van der Waals surface area contributed by atoms with Crippen LogP contribution in [0, 0.1) is 0 Å². The molecule has 0 spiro atoms. The zero-order valence-corrected chi connectivity index (χ0v) is 12.9. The Hall–Kier alpha value is -1.37. The molecule has 3 rings (SSSR count). The lowest BCUT2D eigenvalue weighted by atomic mass is 10.3. The van der Waals surface area contributed by atoms with Crippen LogP contribution in [-0.4, -0.2) is 39.0 Å². The molecule has 1 heterocycles. The molecule has 1 fully saturated rings. The van der Waals surface area contributed by atoms with Crippen LogP contribution >= 0.6 is 0 Å². The number of benzene rings is 1. The van der Waals surface area contributed by atoms with Crippen molar-refractivity contribution in [2.45, 2.75) is 30.9 Å². The van der Waals surface area contributed by atoms with Crippen molar-refractivity contribution < 1.29 is 12.8 Å². The quantitative estimate of drug-likeness (QED) is 0.852. The predicted octanol–water partition coefficient (Wildman–Crippen LogP) is 2.20. The number of furan rings is 1. The fourth-order valence-corrected chi connectivity index (χ4v) is 3.51. The van der Waals surface area contributed by atoms with Crippen molar-refractivity contribution in [3.63, 3.8) is 0 Å². The maximum absolute atomic E-state index is 12.2. The first kappa shape index (κ1) is 14.6. The lowest BCUT2D eigenvalue weighted by molar-refractivity contribution is 0.282. The summed E-state index contributed by atoms with van der Waals surface area (Å²) in [5.74, 6) is 0. The Balaban J connectivity index is 1.65. The lowest BCUT2D eigenvalue weighted by Crippen LogP contribution is -2.35. The molecule has 0 unspecified atom stereocenters. The van der Waals surface area contributed by atoms with Crippen molar-refractivity contribution in [2.24, 2.45) is 0 Å². The molecule has 1 aromatic heterocycles. The second-order valence-electron chi connectivity index (χ2n) is 5.36. The van der Waals surface area contributed by atoms with Crippen LogP contribution < -0.4 is 4.72 Å². The number of para-hydroxylation sites is 1. The van der Waals surface area contributed by atoms with Gasteiger partial charge in [0.2, 0.25) is 5.09 Å². The molecular weight excluding hydrogens is 288 g/mol. The first-order valence-corrected chi connectivity index (χ1v) is 8.81. The molecule has 2 aromatic rings. The molecule has 0 amide bonds. The SMILES string of the molecule is CCN(CCNS(=O)(=O)c1cc2ccccc2o1)C1CC1. The first-order chi connectivity index (χ1) is 10.1. The third kappa shape index (κ3) is 3.28. The fraction of sp³-hybridized carbons (Fsp3) is 0.467. The highest BCUT2D eigenvalue weighted by Gasteiger charge is 2.28. The van der Waals surface area contributed by atoms with E-state index in [9.17, 15) is 8.42 Å². The molecule has 1 aliphatic rings. The number of nitrogens with zero attached hydrogens (tertiary/aromatic N) is 1. The van der Waals surface area contributed by atoms with E-state index in [4.69, 9.17) is 4.42 Å². The van der Waals surface area contributed by atoms with Gasteiger partial charge in [-0.15, -0.1) is 0 Å². The Morgan fingerprint density at radius 3 is 2.76 bits per heavy atom. The van der Waals surface area contributed by atoms with Crippen LogP contribution in [0.2, 0.25) is 0 Å².